The highest BCUT2D eigenvalue weighted by atomic mass is 79.9. The molecule has 3 rings (SSSR count). The van der Waals surface area contributed by atoms with E-state index < -0.39 is 10.0 Å². The molecule has 0 saturated carbocycles. The van der Waals surface area contributed by atoms with Gasteiger partial charge in [0.15, 0.2) is 0 Å². The molecule has 2 aromatic rings. The van der Waals surface area contributed by atoms with Crippen molar-refractivity contribution in [3.8, 4) is 0 Å². The van der Waals surface area contributed by atoms with Crippen LogP contribution in [0.15, 0.2) is 57.1 Å². The fourth-order valence-electron chi connectivity index (χ4n) is 2.41. The molecule has 0 fully saturated rings. The van der Waals surface area contributed by atoms with Gasteiger partial charge in [-0.3, -0.25) is 4.31 Å². The van der Waals surface area contributed by atoms with Gasteiger partial charge in [-0.1, -0.05) is 45.8 Å². The van der Waals surface area contributed by atoms with Crippen LogP contribution in [0.2, 0.25) is 0 Å². The van der Waals surface area contributed by atoms with Crippen LogP contribution in [-0.4, -0.2) is 33.1 Å². The van der Waals surface area contributed by atoms with Crippen molar-refractivity contribution in [2.75, 3.05) is 17.1 Å². The Morgan fingerprint density at radius 1 is 1.17 bits per heavy atom. The van der Waals surface area contributed by atoms with Crippen LogP contribution in [0.25, 0.3) is 0 Å². The van der Waals surface area contributed by atoms with Crippen LogP contribution >= 0.6 is 15.9 Å². The van der Waals surface area contributed by atoms with E-state index in [0.717, 1.165) is 15.6 Å². The molecule has 0 saturated heterocycles. The summed E-state index contributed by atoms with van der Waals surface area (Å²) in [4.78, 5) is 0. The third kappa shape index (κ3) is 3.42. The summed E-state index contributed by atoms with van der Waals surface area (Å²) >= 11 is 3.42. The molecule has 1 heterocycles. The molecule has 0 unspecified atom stereocenters. The Kier molecular flexibility index (Phi) is 4.56. The first kappa shape index (κ1) is 16.9. The quantitative estimate of drug-likeness (QED) is 0.567. The Bertz CT molecular complexity index is 935. The lowest BCUT2D eigenvalue weighted by Crippen LogP contribution is -2.38. The third-order valence-electron chi connectivity index (χ3n) is 3.81. The van der Waals surface area contributed by atoms with Gasteiger partial charge in [0.05, 0.1) is 17.6 Å². The van der Waals surface area contributed by atoms with Crippen molar-refractivity contribution in [1.29, 1.82) is 0 Å². The number of halogens is 1. The fourth-order valence-corrected chi connectivity index (χ4v) is 3.98. The van der Waals surface area contributed by atoms with Crippen LogP contribution in [0.5, 0.6) is 0 Å². The molecule has 24 heavy (non-hydrogen) atoms. The molecule has 0 radical (unpaired) electrons. The minimum absolute atomic E-state index is 0.168. The molecule has 1 aliphatic heterocycles. The molecule has 1 aliphatic rings. The zero-order chi connectivity index (χ0) is 17.3. The summed E-state index contributed by atoms with van der Waals surface area (Å²) in [7, 11) is -1.87. The van der Waals surface area contributed by atoms with E-state index >= 15 is 0 Å². The molecular weight excluding hydrogens is 390 g/mol. The summed E-state index contributed by atoms with van der Waals surface area (Å²) < 4.78 is 26.7. The lowest BCUT2D eigenvalue weighted by Gasteiger charge is -2.27. The summed E-state index contributed by atoms with van der Waals surface area (Å²) in [6.45, 7) is 2.01. The molecule has 124 valence electrons. The van der Waals surface area contributed by atoms with Gasteiger partial charge in [0, 0.05) is 17.1 Å². The number of hydrogen-bond acceptors (Lipinski definition) is 4. The zero-order valence-corrected chi connectivity index (χ0v) is 15.7. The van der Waals surface area contributed by atoms with E-state index in [2.05, 4.69) is 26.1 Å². The molecule has 0 atom stereocenters. The highest BCUT2D eigenvalue weighted by molar-refractivity contribution is 9.10. The fraction of sp³-hybridized carbons (Fsp3) is 0.176. The smallest absolute Gasteiger partial charge is 0.240 e. The predicted octanol–water partition coefficient (Wildman–Crippen LogP) is 3.36. The van der Waals surface area contributed by atoms with Crippen molar-refractivity contribution in [3.05, 3.63) is 63.6 Å². The maximum absolute atomic E-state index is 12.3. The van der Waals surface area contributed by atoms with Gasteiger partial charge in [-0.15, -0.1) is 0 Å². The number of benzene rings is 2. The number of nitrogens with zero attached hydrogens (tertiary/aromatic N) is 3. The van der Waals surface area contributed by atoms with Gasteiger partial charge in [-0.2, -0.15) is 10.2 Å². The topological polar surface area (TPSA) is 62.1 Å². The maximum atomic E-state index is 12.3. The molecule has 7 heteroatoms. The Labute approximate surface area is 149 Å². The van der Waals surface area contributed by atoms with E-state index in [1.54, 1.807) is 19.3 Å². The van der Waals surface area contributed by atoms with E-state index in [1.807, 2.05) is 43.3 Å². The van der Waals surface area contributed by atoms with E-state index in [9.17, 15) is 8.42 Å². The van der Waals surface area contributed by atoms with Gasteiger partial charge in [0.1, 0.15) is 5.75 Å². The second kappa shape index (κ2) is 6.49. The molecule has 5 nitrogen and oxygen atoms in total. The third-order valence-corrected chi connectivity index (χ3v) is 5.97. The van der Waals surface area contributed by atoms with Crippen LogP contribution in [0, 0.1) is 6.92 Å². The average Bonchev–Trinajstić information content (AvgIpc) is 2.54. The molecule has 2 aromatic carbocycles. The summed E-state index contributed by atoms with van der Waals surface area (Å²) in [5, 5.41) is 8.25. The lowest BCUT2D eigenvalue weighted by molar-refractivity contribution is 0.597. The van der Waals surface area contributed by atoms with Gasteiger partial charge < -0.3 is 0 Å². The van der Waals surface area contributed by atoms with Crippen molar-refractivity contribution >= 4 is 43.6 Å². The zero-order valence-electron chi connectivity index (χ0n) is 13.3. The van der Waals surface area contributed by atoms with Gasteiger partial charge in [-0.05, 0) is 30.7 Å². The predicted molar refractivity (Wildman–Crippen MR) is 102 cm³/mol. The Hall–Kier alpha value is -1.99. The summed E-state index contributed by atoms with van der Waals surface area (Å²) in [6.07, 6.45) is 1.62. The molecule has 0 aliphatic carbocycles. The van der Waals surface area contributed by atoms with E-state index in [1.165, 1.54) is 9.87 Å². The van der Waals surface area contributed by atoms with Crippen LogP contribution < -0.4 is 4.31 Å². The number of anilines is 1. The van der Waals surface area contributed by atoms with Crippen LogP contribution in [0.4, 0.5) is 5.69 Å². The first-order valence-corrected chi connectivity index (χ1v) is 9.70. The Morgan fingerprint density at radius 3 is 2.58 bits per heavy atom. The molecule has 0 spiro atoms. The van der Waals surface area contributed by atoms with Gasteiger partial charge in [0.2, 0.25) is 10.0 Å². The number of sulfonamides is 1. The molecule has 0 N–H and O–H groups in total. The molecular formula is C17H16BrN3O2S. The van der Waals surface area contributed by atoms with Crippen molar-refractivity contribution < 1.29 is 8.42 Å². The van der Waals surface area contributed by atoms with E-state index in [0.29, 0.717) is 11.4 Å². The largest absolute Gasteiger partial charge is 0.272 e. The number of hydrogen-bond donors (Lipinski definition) is 0. The normalized spacial score (nSPS) is 18.1. The van der Waals surface area contributed by atoms with Crippen molar-refractivity contribution in [2.45, 2.75) is 6.92 Å². The van der Waals surface area contributed by atoms with Crippen molar-refractivity contribution in [1.82, 2.24) is 0 Å². The monoisotopic (exact) mass is 405 g/mol. The second-order valence-corrected chi connectivity index (χ2v) is 8.50. The highest BCUT2D eigenvalue weighted by Crippen LogP contribution is 2.31. The van der Waals surface area contributed by atoms with Gasteiger partial charge in [-0.25, -0.2) is 8.42 Å². The SMILES string of the molecule is Cc1ccc(/C=N/N=C2\CS(=O)(=O)N(C)c3ccc(Br)cc32)cc1. The summed E-state index contributed by atoms with van der Waals surface area (Å²) in [5.74, 6) is -0.168. The minimum atomic E-state index is -3.42. The van der Waals surface area contributed by atoms with Gasteiger partial charge in [0.25, 0.3) is 0 Å². The van der Waals surface area contributed by atoms with E-state index in [4.69, 9.17) is 0 Å². The van der Waals surface area contributed by atoms with E-state index in [-0.39, 0.29) is 5.75 Å². The summed E-state index contributed by atoms with van der Waals surface area (Å²) in [6, 6.07) is 13.3. The number of aryl methyl sites for hydroxylation is 1. The number of fused-ring (bicyclic) bond motifs is 1. The highest BCUT2D eigenvalue weighted by Gasteiger charge is 2.31. The summed E-state index contributed by atoms with van der Waals surface area (Å²) in [5.41, 5.74) is 3.89. The maximum Gasteiger partial charge on any atom is 0.240 e. The van der Waals surface area contributed by atoms with Crippen molar-refractivity contribution in [3.63, 3.8) is 0 Å². The minimum Gasteiger partial charge on any atom is -0.272 e. The van der Waals surface area contributed by atoms with Crippen LogP contribution in [-0.2, 0) is 10.0 Å². The molecule has 0 amide bonds. The van der Waals surface area contributed by atoms with Crippen molar-refractivity contribution in [2.24, 2.45) is 10.2 Å². The molecule has 0 aromatic heterocycles. The Balaban J connectivity index is 1.99. The first-order valence-electron chi connectivity index (χ1n) is 7.30. The second-order valence-electron chi connectivity index (χ2n) is 5.59. The average molecular weight is 406 g/mol. The Morgan fingerprint density at radius 2 is 1.88 bits per heavy atom. The lowest BCUT2D eigenvalue weighted by atomic mass is 10.1. The number of rotatable bonds is 2. The van der Waals surface area contributed by atoms with Crippen LogP contribution in [0.3, 0.4) is 0 Å². The van der Waals surface area contributed by atoms with Crippen LogP contribution in [0.1, 0.15) is 16.7 Å². The standard InChI is InChI=1S/C17H16BrN3O2S/c1-12-3-5-13(6-4-12)10-19-20-16-11-24(22,23)21(2)17-8-7-14(18)9-15(16)17/h3-10H,11H2,1-2H3/b19-10+,20-16+. The first-order chi connectivity index (χ1) is 11.4. The van der Waals surface area contributed by atoms with Gasteiger partial charge >= 0.3 is 0 Å². The molecule has 0 bridgehead atoms.